The largest absolute Gasteiger partial charge is 0.484 e. The number of nitrogens with zero attached hydrogens (tertiary/aromatic N) is 2. The molecule has 0 radical (unpaired) electrons. The number of hydrogen-bond donors (Lipinski definition) is 1. The number of aryl methyl sites for hydroxylation is 1. The third kappa shape index (κ3) is 5.12. The molecule has 0 fully saturated rings. The summed E-state index contributed by atoms with van der Waals surface area (Å²) in [5.41, 5.74) is 3.13. The Morgan fingerprint density at radius 3 is 2.84 bits per heavy atom. The first-order valence-electron chi connectivity index (χ1n) is 8.02. The number of aromatic nitrogens is 2. The standard InChI is InChI=1S/C19H19N3O2S/c1-14-4-6-17(7-5-14)24-12-18(23)21-10-8-16-13-25-19(22-16)15-3-2-9-20-11-15/h2-7,9,11,13H,8,10,12H2,1H3,(H,21,23). The second-order valence-corrected chi connectivity index (χ2v) is 6.45. The molecule has 0 aliphatic carbocycles. The van der Waals surface area contributed by atoms with E-state index in [1.165, 1.54) is 0 Å². The summed E-state index contributed by atoms with van der Waals surface area (Å²) in [6, 6.07) is 11.5. The molecule has 0 aliphatic heterocycles. The molecule has 3 aromatic rings. The van der Waals surface area contributed by atoms with Crippen molar-refractivity contribution in [2.75, 3.05) is 13.2 Å². The number of carbonyl (C=O) groups is 1. The molecule has 0 aliphatic rings. The van der Waals surface area contributed by atoms with Crippen LogP contribution in [0.5, 0.6) is 5.75 Å². The molecule has 1 N–H and O–H groups in total. The fraction of sp³-hybridized carbons (Fsp3) is 0.211. The van der Waals surface area contributed by atoms with Crippen LogP contribution in [0.25, 0.3) is 10.6 Å². The van der Waals surface area contributed by atoms with Crippen LogP contribution in [-0.2, 0) is 11.2 Å². The first-order chi connectivity index (χ1) is 12.2. The maximum absolute atomic E-state index is 11.8. The highest BCUT2D eigenvalue weighted by Gasteiger charge is 2.06. The van der Waals surface area contributed by atoms with Crippen LogP contribution in [0.1, 0.15) is 11.3 Å². The molecule has 0 saturated heterocycles. The average Bonchev–Trinajstić information content (AvgIpc) is 3.11. The van der Waals surface area contributed by atoms with Crippen molar-refractivity contribution >= 4 is 17.2 Å². The van der Waals surface area contributed by atoms with E-state index in [-0.39, 0.29) is 12.5 Å². The van der Waals surface area contributed by atoms with Crippen LogP contribution in [0.3, 0.4) is 0 Å². The second-order valence-electron chi connectivity index (χ2n) is 5.59. The maximum atomic E-state index is 11.8. The van der Waals surface area contributed by atoms with Gasteiger partial charge in [-0.3, -0.25) is 9.78 Å². The molecule has 6 heteroatoms. The lowest BCUT2D eigenvalue weighted by Crippen LogP contribution is -2.30. The van der Waals surface area contributed by atoms with Gasteiger partial charge in [0.25, 0.3) is 5.91 Å². The van der Waals surface area contributed by atoms with Crippen molar-refractivity contribution in [1.29, 1.82) is 0 Å². The zero-order valence-electron chi connectivity index (χ0n) is 13.9. The predicted octanol–water partition coefficient (Wildman–Crippen LogP) is 3.25. The fourth-order valence-electron chi connectivity index (χ4n) is 2.21. The van der Waals surface area contributed by atoms with E-state index < -0.39 is 0 Å². The predicted molar refractivity (Wildman–Crippen MR) is 98.7 cm³/mol. The lowest BCUT2D eigenvalue weighted by atomic mass is 10.2. The molecule has 128 valence electrons. The van der Waals surface area contributed by atoms with Gasteiger partial charge in [0, 0.05) is 36.3 Å². The van der Waals surface area contributed by atoms with Crippen molar-refractivity contribution in [3.63, 3.8) is 0 Å². The van der Waals surface area contributed by atoms with Crippen molar-refractivity contribution in [3.05, 3.63) is 65.4 Å². The van der Waals surface area contributed by atoms with E-state index in [1.54, 1.807) is 23.7 Å². The number of amides is 1. The number of thiazole rings is 1. The number of benzene rings is 1. The van der Waals surface area contributed by atoms with Crippen LogP contribution < -0.4 is 10.1 Å². The van der Waals surface area contributed by atoms with E-state index in [0.717, 1.165) is 21.8 Å². The zero-order chi connectivity index (χ0) is 17.5. The SMILES string of the molecule is Cc1ccc(OCC(=O)NCCc2csc(-c3cccnc3)n2)cc1. The molecule has 0 saturated carbocycles. The molecule has 0 atom stereocenters. The lowest BCUT2D eigenvalue weighted by molar-refractivity contribution is -0.123. The minimum absolute atomic E-state index is 0.0149. The summed E-state index contributed by atoms with van der Waals surface area (Å²) in [7, 11) is 0. The third-order valence-electron chi connectivity index (χ3n) is 3.55. The first-order valence-corrected chi connectivity index (χ1v) is 8.89. The highest BCUT2D eigenvalue weighted by Crippen LogP contribution is 2.22. The van der Waals surface area contributed by atoms with Gasteiger partial charge in [0.15, 0.2) is 6.61 Å². The molecule has 3 rings (SSSR count). The van der Waals surface area contributed by atoms with Gasteiger partial charge in [0.05, 0.1) is 5.69 Å². The third-order valence-corrected chi connectivity index (χ3v) is 4.49. The average molecular weight is 353 g/mol. The van der Waals surface area contributed by atoms with Gasteiger partial charge in [0.2, 0.25) is 0 Å². The second kappa shape index (κ2) is 8.39. The Kier molecular flexibility index (Phi) is 5.74. The molecule has 0 unspecified atom stereocenters. The van der Waals surface area contributed by atoms with Crippen molar-refractivity contribution in [3.8, 4) is 16.3 Å². The van der Waals surface area contributed by atoms with Crippen molar-refractivity contribution in [2.45, 2.75) is 13.3 Å². The molecular weight excluding hydrogens is 334 g/mol. The van der Waals surface area contributed by atoms with Crippen molar-refractivity contribution in [1.82, 2.24) is 15.3 Å². The van der Waals surface area contributed by atoms with Gasteiger partial charge >= 0.3 is 0 Å². The first kappa shape index (κ1) is 17.1. The fourth-order valence-corrected chi connectivity index (χ4v) is 3.05. The Balaban J connectivity index is 1.41. The molecule has 0 spiro atoms. The summed E-state index contributed by atoms with van der Waals surface area (Å²) in [5, 5.41) is 5.80. The van der Waals surface area contributed by atoms with Gasteiger partial charge in [-0.1, -0.05) is 17.7 Å². The van der Waals surface area contributed by atoms with Gasteiger partial charge in [-0.15, -0.1) is 11.3 Å². The molecule has 25 heavy (non-hydrogen) atoms. The topological polar surface area (TPSA) is 64.1 Å². The molecule has 0 bridgehead atoms. The maximum Gasteiger partial charge on any atom is 0.257 e. The van der Waals surface area contributed by atoms with E-state index in [1.807, 2.05) is 48.7 Å². The van der Waals surface area contributed by atoms with Crippen LogP contribution in [0.4, 0.5) is 0 Å². The van der Waals surface area contributed by atoms with E-state index >= 15 is 0 Å². The number of rotatable bonds is 7. The summed E-state index contributed by atoms with van der Waals surface area (Å²) >= 11 is 1.58. The summed E-state index contributed by atoms with van der Waals surface area (Å²) in [4.78, 5) is 20.5. The van der Waals surface area contributed by atoms with Crippen LogP contribution in [0, 0.1) is 6.92 Å². The Morgan fingerprint density at radius 1 is 1.24 bits per heavy atom. The van der Waals surface area contributed by atoms with Gasteiger partial charge in [-0.05, 0) is 31.2 Å². The summed E-state index contributed by atoms with van der Waals surface area (Å²) in [5.74, 6) is 0.560. The monoisotopic (exact) mass is 353 g/mol. The van der Waals surface area contributed by atoms with Crippen LogP contribution in [0.15, 0.2) is 54.2 Å². The van der Waals surface area contributed by atoms with Gasteiger partial charge in [-0.2, -0.15) is 0 Å². The van der Waals surface area contributed by atoms with Crippen LogP contribution >= 0.6 is 11.3 Å². The molecule has 1 amide bonds. The minimum atomic E-state index is -0.136. The Labute approximate surface area is 150 Å². The van der Waals surface area contributed by atoms with E-state index in [9.17, 15) is 4.79 Å². The molecule has 1 aromatic carbocycles. The zero-order valence-corrected chi connectivity index (χ0v) is 14.8. The van der Waals surface area contributed by atoms with E-state index in [0.29, 0.717) is 18.7 Å². The highest BCUT2D eigenvalue weighted by molar-refractivity contribution is 7.13. The van der Waals surface area contributed by atoms with Crippen LogP contribution in [0.2, 0.25) is 0 Å². The Morgan fingerprint density at radius 2 is 2.08 bits per heavy atom. The Bertz CT molecular complexity index is 816. The highest BCUT2D eigenvalue weighted by atomic mass is 32.1. The normalized spacial score (nSPS) is 10.4. The molecule has 2 aromatic heterocycles. The summed E-state index contributed by atoms with van der Waals surface area (Å²) < 4.78 is 5.45. The van der Waals surface area contributed by atoms with Gasteiger partial charge in [-0.25, -0.2) is 4.98 Å². The van der Waals surface area contributed by atoms with E-state index in [2.05, 4.69) is 15.3 Å². The lowest BCUT2D eigenvalue weighted by Gasteiger charge is -2.07. The summed E-state index contributed by atoms with van der Waals surface area (Å²) in [6.45, 7) is 2.56. The van der Waals surface area contributed by atoms with Crippen LogP contribution in [-0.4, -0.2) is 29.0 Å². The quantitative estimate of drug-likeness (QED) is 0.708. The minimum Gasteiger partial charge on any atom is -0.484 e. The number of carbonyl (C=O) groups excluding carboxylic acids is 1. The van der Waals surface area contributed by atoms with Crippen molar-refractivity contribution < 1.29 is 9.53 Å². The van der Waals surface area contributed by atoms with Gasteiger partial charge < -0.3 is 10.1 Å². The van der Waals surface area contributed by atoms with E-state index in [4.69, 9.17) is 4.74 Å². The smallest absolute Gasteiger partial charge is 0.257 e. The number of nitrogens with one attached hydrogen (secondary N) is 1. The number of pyridine rings is 1. The van der Waals surface area contributed by atoms with Crippen molar-refractivity contribution in [2.24, 2.45) is 0 Å². The molecule has 2 heterocycles. The number of ether oxygens (including phenoxy) is 1. The summed E-state index contributed by atoms with van der Waals surface area (Å²) in [6.07, 6.45) is 4.23. The molecular formula is C19H19N3O2S. The molecule has 5 nitrogen and oxygen atoms in total. The number of hydrogen-bond acceptors (Lipinski definition) is 5. The van der Waals surface area contributed by atoms with Gasteiger partial charge in [0.1, 0.15) is 10.8 Å². The Hall–Kier alpha value is -2.73.